The maximum atomic E-state index is 13.7. The lowest BCUT2D eigenvalue weighted by Gasteiger charge is -2.36. The van der Waals surface area contributed by atoms with Crippen LogP contribution in [-0.4, -0.2) is 68.6 Å². The predicted molar refractivity (Wildman–Crippen MR) is 179 cm³/mol. The number of methoxy groups -OCH3 is 2. The van der Waals surface area contributed by atoms with Crippen LogP contribution in [-0.2, 0) is 6.54 Å². The Balaban J connectivity index is 0.000000342. The molecule has 1 saturated heterocycles. The molecule has 2 heterocycles. The Labute approximate surface area is 266 Å². The first-order chi connectivity index (χ1) is 21.9. The monoisotopic (exact) mass is 606 g/mol. The SMILES string of the molecule is CCN1CCN(c2cccc3c2C(=O)N(C(C)c2cccc(NCc4ccccc4)c2)C3=O)CC1.COc1ccccc1OC. The van der Waals surface area contributed by atoms with Gasteiger partial charge in [-0.3, -0.25) is 14.5 Å². The quantitative estimate of drug-likeness (QED) is 0.218. The lowest BCUT2D eigenvalue weighted by molar-refractivity contribution is 0.0595. The lowest BCUT2D eigenvalue weighted by atomic mass is 10.1. The van der Waals surface area contributed by atoms with Crippen LogP contribution in [0.4, 0.5) is 11.4 Å². The Kier molecular flexibility index (Phi) is 10.4. The van der Waals surface area contributed by atoms with Crippen molar-refractivity contribution in [2.75, 3.05) is 57.2 Å². The van der Waals surface area contributed by atoms with E-state index in [4.69, 9.17) is 9.47 Å². The third-order valence-electron chi connectivity index (χ3n) is 8.47. The largest absolute Gasteiger partial charge is 0.493 e. The van der Waals surface area contributed by atoms with Gasteiger partial charge < -0.3 is 24.6 Å². The number of nitrogens with zero attached hydrogens (tertiary/aromatic N) is 3. The normalized spacial score (nSPS) is 15.2. The zero-order chi connectivity index (χ0) is 31.8. The predicted octanol–water partition coefficient (Wildman–Crippen LogP) is 6.50. The van der Waals surface area contributed by atoms with Crippen LogP contribution in [0.3, 0.4) is 0 Å². The van der Waals surface area contributed by atoms with Gasteiger partial charge >= 0.3 is 0 Å². The summed E-state index contributed by atoms with van der Waals surface area (Å²) in [6, 6.07) is 31.0. The average molecular weight is 607 g/mol. The van der Waals surface area contributed by atoms with Crippen LogP contribution < -0.4 is 19.7 Å². The molecule has 8 nitrogen and oxygen atoms in total. The van der Waals surface area contributed by atoms with Gasteiger partial charge in [0.2, 0.25) is 0 Å². The zero-order valence-corrected chi connectivity index (χ0v) is 26.5. The first-order valence-electron chi connectivity index (χ1n) is 15.5. The summed E-state index contributed by atoms with van der Waals surface area (Å²) in [5, 5.41) is 3.45. The molecule has 2 aliphatic rings. The molecule has 4 aromatic rings. The molecule has 0 aliphatic carbocycles. The Hall–Kier alpha value is -4.82. The highest BCUT2D eigenvalue weighted by atomic mass is 16.5. The van der Waals surface area contributed by atoms with Gasteiger partial charge in [-0.2, -0.15) is 0 Å². The molecule has 1 atom stereocenters. The zero-order valence-electron chi connectivity index (χ0n) is 26.5. The number of nitrogens with one attached hydrogen (secondary N) is 1. The Bertz CT molecular complexity index is 1580. The average Bonchev–Trinajstić information content (AvgIpc) is 3.36. The Morgan fingerprint density at radius 3 is 2.04 bits per heavy atom. The van der Waals surface area contributed by atoms with Gasteiger partial charge in [-0.05, 0) is 61.0 Å². The number of piperazine rings is 1. The van der Waals surface area contributed by atoms with Crippen molar-refractivity contribution in [3.8, 4) is 11.5 Å². The maximum absolute atomic E-state index is 13.7. The van der Waals surface area contributed by atoms with Crippen molar-refractivity contribution < 1.29 is 19.1 Å². The standard InChI is InChI=1S/C29H32N4O2.C8H10O2/c1-3-31-15-17-32(18-16-31)26-14-8-13-25-27(26)29(35)33(28(25)34)21(2)23-11-7-12-24(19-23)30-20-22-9-5-4-6-10-22;1-9-7-5-3-4-6-8(7)10-2/h4-14,19,21,30H,3,15-18,20H2,1-2H3;3-6H,1-2H3. The van der Waals surface area contributed by atoms with E-state index in [1.807, 2.05) is 85.8 Å². The highest BCUT2D eigenvalue weighted by Gasteiger charge is 2.41. The number of likely N-dealkylation sites (N-methyl/N-ethyl adjacent to an activating group) is 1. The van der Waals surface area contributed by atoms with Crippen molar-refractivity contribution in [3.63, 3.8) is 0 Å². The van der Waals surface area contributed by atoms with Crippen molar-refractivity contribution in [1.82, 2.24) is 9.80 Å². The van der Waals surface area contributed by atoms with Crippen LogP contribution in [0.2, 0.25) is 0 Å². The Morgan fingerprint density at radius 2 is 1.40 bits per heavy atom. The summed E-state index contributed by atoms with van der Waals surface area (Å²) in [6.07, 6.45) is 0. The number of imide groups is 1. The molecule has 1 N–H and O–H groups in total. The molecule has 0 spiro atoms. The summed E-state index contributed by atoms with van der Waals surface area (Å²) in [7, 11) is 3.25. The number of anilines is 2. The molecule has 1 fully saturated rings. The van der Waals surface area contributed by atoms with E-state index in [9.17, 15) is 9.59 Å². The number of para-hydroxylation sites is 2. The van der Waals surface area contributed by atoms with Crippen molar-refractivity contribution in [1.29, 1.82) is 0 Å². The van der Waals surface area contributed by atoms with Crippen LogP contribution >= 0.6 is 0 Å². The van der Waals surface area contributed by atoms with Gasteiger partial charge in [-0.25, -0.2) is 0 Å². The number of carbonyl (C=O) groups excluding carboxylic acids is 2. The summed E-state index contributed by atoms with van der Waals surface area (Å²) >= 11 is 0. The van der Waals surface area contributed by atoms with Crippen LogP contribution in [0.5, 0.6) is 11.5 Å². The second-order valence-corrected chi connectivity index (χ2v) is 11.1. The highest BCUT2D eigenvalue weighted by molar-refractivity contribution is 6.24. The fraction of sp³-hybridized carbons (Fsp3) is 0.297. The van der Waals surface area contributed by atoms with Crippen molar-refractivity contribution in [3.05, 3.63) is 119 Å². The number of ether oxygens (including phenoxy) is 2. The van der Waals surface area contributed by atoms with Gasteiger partial charge in [0.1, 0.15) is 0 Å². The smallest absolute Gasteiger partial charge is 0.264 e. The summed E-state index contributed by atoms with van der Waals surface area (Å²) in [5.74, 6) is 1.12. The summed E-state index contributed by atoms with van der Waals surface area (Å²) in [4.78, 5) is 33.1. The molecule has 0 radical (unpaired) electrons. The van der Waals surface area contributed by atoms with Gasteiger partial charge in [0.05, 0.1) is 37.1 Å². The molecule has 234 valence electrons. The van der Waals surface area contributed by atoms with Crippen LogP contribution in [0.1, 0.15) is 51.7 Å². The number of hydrogen-bond donors (Lipinski definition) is 1. The molecule has 8 heteroatoms. The van der Waals surface area contributed by atoms with E-state index in [1.54, 1.807) is 20.3 Å². The number of benzene rings is 4. The molecule has 2 aliphatic heterocycles. The van der Waals surface area contributed by atoms with Gasteiger partial charge in [0.25, 0.3) is 11.8 Å². The molecule has 0 aromatic heterocycles. The van der Waals surface area contributed by atoms with E-state index in [0.29, 0.717) is 17.7 Å². The lowest BCUT2D eigenvalue weighted by Crippen LogP contribution is -2.46. The van der Waals surface area contributed by atoms with E-state index in [2.05, 4.69) is 34.2 Å². The molecule has 1 unspecified atom stereocenters. The van der Waals surface area contributed by atoms with Crippen molar-refractivity contribution >= 4 is 23.2 Å². The van der Waals surface area contributed by atoms with E-state index in [-0.39, 0.29) is 17.9 Å². The van der Waals surface area contributed by atoms with E-state index in [1.165, 1.54) is 10.5 Å². The number of rotatable bonds is 9. The molecule has 45 heavy (non-hydrogen) atoms. The summed E-state index contributed by atoms with van der Waals surface area (Å²) in [6.45, 7) is 9.48. The van der Waals surface area contributed by atoms with E-state index in [0.717, 1.165) is 61.2 Å². The van der Waals surface area contributed by atoms with Gasteiger partial charge in [0, 0.05) is 38.4 Å². The Morgan fingerprint density at radius 1 is 0.756 bits per heavy atom. The molecular weight excluding hydrogens is 564 g/mol. The molecule has 4 aromatic carbocycles. The summed E-state index contributed by atoms with van der Waals surface area (Å²) in [5.41, 5.74) is 5.02. The van der Waals surface area contributed by atoms with Crippen molar-refractivity contribution in [2.45, 2.75) is 26.4 Å². The minimum Gasteiger partial charge on any atom is -0.493 e. The summed E-state index contributed by atoms with van der Waals surface area (Å²) < 4.78 is 10.0. The molecule has 0 bridgehead atoms. The highest BCUT2D eigenvalue weighted by Crippen LogP contribution is 2.37. The van der Waals surface area contributed by atoms with Crippen LogP contribution in [0, 0.1) is 0 Å². The molecule has 0 saturated carbocycles. The number of amides is 2. The first-order valence-corrected chi connectivity index (χ1v) is 15.5. The van der Waals surface area contributed by atoms with E-state index >= 15 is 0 Å². The van der Waals surface area contributed by atoms with E-state index < -0.39 is 0 Å². The van der Waals surface area contributed by atoms with Gasteiger partial charge in [-0.15, -0.1) is 0 Å². The second kappa shape index (κ2) is 14.8. The third kappa shape index (κ3) is 7.13. The fourth-order valence-corrected chi connectivity index (χ4v) is 5.85. The fourth-order valence-electron chi connectivity index (χ4n) is 5.85. The van der Waals surface area contributed by atoms with Crippen LogP contribution in [0.15, 0.2) is 97.1 Å². The molecule has 6 rings (SSSR count). The maximum Gasteiger partial charge on any atom is 0.264 e. The minimum atomic E-state index is -0.370. The second-order valence-electron chi connectivity index (χ2n) is 11.1. The van der Waals surface area contributed by atoms with Crippen molar-refractivity contribution in [2.24, 2.45) is 0 Å². The van der Waals surface area contributed by atoms with Crippen LogP contribution in [0.25, 0.3) is 0 Å². The molecular formula is C37H42N4O4. The van der Waals surface area contributed by atoms with Gasteiger partial charge in [0.15, 0.2) is 11.5 Å². The third-order valence-corrected chi connectivity index (χ3v) is 8.47. The minimum absolute atomic E-state index is 0.200. The topological polar surface area (TPSA) is 74.4 Å². The molecule has 2 amide bonds. The first kappa shape index (κ1) is 31.6. The number of fused-ring (bicyclic) bond motifs is 1. The number of carbonyl (C=O) groups is 2. The number of hydrogen-bond acceptors (Lipinski definition) is 7. The van der Waals surface area contributed by atoms with Gasteiger partial charge in [-0.1, -0.05) is 67.6 Å².